The molecule has 0 aliphatic rings. The van der Waals surface area contributed by atoms with Gasteiger partial charge < -0.3 is 0 Å². The van der Waals surface area contributed by atoms with E-state index in [-0.39, 0.29) is 5.56 Å². The van der Waals surface area contributed by atoms with Crippen LogP contribution in [0, 0.1) is 24.6 Å². The molecule has 3 heteroatoms. The Hall–Kier alpha value is -1.41. The molecule has 0 N–H and O–H groups in total. The highest BCUT2D eigenvalue weighted by molar-refractivity contribution is 6.30. The smallest absolute Gasteiger partial charge is 0.134 e. The third-order valence-corrected chi connectivity index (χ3v) is 2.46. The van der Waals surface area contributed by atoms with Gasteiger partial charge in [0.25, 0.3) is 0 Å². The standard InChI is InChI=1S/C13H8ClF2/c1-8-5-11(15)13(12(16)6-8)9-3-2-4-10(14)7-9/h2-3,5-7H,1H3. The molecule has 1 radical (unpaired) electrons. The Bertz CT molecular complexity index is 512. The first-order chi connectivity index (χ1) is 7.58. The van der Waals surface area contributed by atoms with Crippen LogP contribution >= 0.6 is 11.6 Å². The third-order valence-electron chi connectivity index (χ3n) is 2.24. The van der Waals surface area contributed by atoms with Gasteiger partial charge in [-0.3, -0.25) is 0 Å². The second kappa shape index (κ2) is 4.22. The maximum absolute atomic E-state index is 13.6. The van der Waals surface area contributed by atoms with Crippen molar-refractivity contribution in [1.82, 2.24) is 0 Å². The summed E-state index contributed by atoms with van der Waals surface area (Å²) in [7, 11) is 0. The number of hydrogen-bond acceptors (Lipinski definition) is 0. The van der Waals surface area contributed by atoms with Crippen molar-refractivity contribution < 1.29 is 8.78 Å². The Morgan fingerprint density at radius 3 is 2.31 bits per heavy atom. The molecule has 0 bridgehead atoms. The molecule has 2 aromatic rings. The molecule has 0 spiro atoms. The first-order valence-corrected chi connectivity index (χ1v) is 5.09. The summed E-state index contributed by atoms with van der Waals surface area (Å²) in [6, 6.07) is 9.90. The molecular formula is C13H8ClF2. The topological polar surface area (TPSA) is 0 Å². The van der Waals surface area contributed by atoms with Crippen LogP contribution in [0.4, 0.5) is 8.78 Å². The molecule has 0 amide bonds. The van der Waals surface area contributed by atoms with E-state index in [2.05, 4.69) is 6.07 Å². The molecule has 0 aliphatic carbocycles. The van der Waals surface area contributed by atoms with Crippen molar-refractivity contribution in [3.05, 3.63) is 58.6 Å². The molecule has 0 aromatic heterocycles. The fraction of sp³-hybridized carbons (Fsp3) is 0.0769. The summed E-state index contributed by atoms with van der Waals surface area (Å²) in [5, 5.41) is 0.330. The number of benzene rings is 2. The average Bonchev–Trinajstić information content (AvgIpc) is 2.15. The van der Waals surface area contributed by atoms with Crippen LogP contribution < -0.4 is 0 Å². The van der Waals surface area contributed by atoms with Crippen molar-refractivity contribution in [2.24, 2.45) is 0 Å². The second-order valence-corrected chi connectivity index (χ2v) is 3.94. The summed E-state index contributed by atoms with van der Waals surface area (Å²) in [6.45, 7) is 1.64. The summed E-state index contributed by atoms with van der Waals surface area (Å²) in [5.74, 6) is -1.17. The Kier molecular flexibility index (Phi) is 2.92. The minimum atomic E-state index is -0.584. The lowest BCUT2D eigenvalue weighted by Crippen LogP contribution is -1.91. The van der Waals surface area contributed by atoms with E-state index in [4.69, 9.17) is 11.6 Å². The summed E-state index contributed by atoms with van der Waals surface area (Å²) >= 11 is 5.73. The minimum Gasteiger partial charge on any atom is -0.206 e. The van der Waals surface area contributed by atoms with Gasteiger partial charge in [-0.1, -0.05) is 23.7 Å². The van der Waals surface area contributed by atoms with Gasteiger partial charge in [0.05, 0.1) is 5.56 Å². The molecule has 16 heavy (non-hydrogen) atoms. The highest BCUT2D eigenvalue weighted by atomic mass is 35.5. The average molecular weight is 238 g/mol. The fourth-order valence-corrected chi connectivity index (χ4v) is 1.75. The van der Waals surface area contributed by atoms with Gasteiger partial charge in [-0.05, 0) is 36.2 Å². The maximum atomic E-state index is 13.6. The number of aryl methyl sites for hydroxylation is 1. The maximum Gasteiger partial charge on any atom is 0.134 e. The van der Waals surface area contributed by atoms with E-state index in [0.29, 0.717) is 16.1 Å². The predicted molar refractivity (Wildman–Crippen MR) is 60.4 cm³/mol. The normalized spacial score (nSPS) is 10.5. The first kappa shape index (κ1) is 11.1. The molecule has 0 aliphatic heterocycles. The molecule has 2 aromatic carbocycles. The third kappa shape index (κ3) is 2.07. The Balaban J connectivity index is 2.64. The van der Waals surface area contributed by atoms with Crippen molar-refractivity contribution >= 4 is 11.6 Å². The number of hydrogen-bond donors (Lipinski definition) is 0. The SMILES string of the molecule is Cc1cc(F)c(-c2cc[c]c(Cl)c2)c(F)c1. The van der Waals surface area contributed by atoms with Gasteiger partial charge in [-0.25, -0.2) is 8.78 Å². The van der Waals surface area contributed by atoms with Gasteiger partial charge in [0.15, 0.2) is 0 Å². The molecule has 0 saturated carbocycles. The van der Waals surface area contributed by atoms with Crippen molar-refractivity contribution in [2.45, 2.75) is 6.92 Å². The minimum absolute atomic E-state index is 0.0542. The zero-order valence-corrected chi connectivity index (χ0v) is 9.28. The predicted octanol–water partition coefficient (Wildman–Crippen LogP) is 4.39. The lowest BCUT2D eigenvalue weighted by atomic mass is 10.0. The molecule has 0 atom stereocenters. The molecule has 2 rings (SSSR count). The van der Waals surface area contributed by atoms with Gasteiger partial charge in [0.1, 0.15) is 11.6 Å². The Morgan fingerprint density at radius 1 is 1.12 bits per heavy atom. The van der Waals surface area contributed by atoms with Crippen LogP contribution in [0.2, 0.25) is 5.02 Å². The van der Waals surface area contributed by atoms with Crippen LogP contribution in [-0.4, -0.2) is 0 Å². The summed E-state index contributed by atoms with van der Waals surface area (Å²) in [4.78, 5) is 0. The zero-order chi connectivity index (χ0) is 11.7. The molecule has 0 saturated heterocycles. The molecule has 0 nitrogen and oxygen atoms in total. The van der Waals surface area contributed by atoms with Gasteiger partial charge in [-0.2, -0.15) is 0 Å². The van der Waals surface area contributed by atoms with Crippen LogP contribution in [0.3, 0.4) is 0 Å². The van der Waals surface area contributed by atoms with Crippen LogP contribution in [0.15, 0.2) is 30.3 Å². The van der Waals surface area contributed by atoms with Crippen LogP contribution in [0.1, 0.15) is 5.56 Å². The lowest BCUT2D eigenvalue weighted by Gasteiger charge is -2.06. The number of halogens is 3. The highest BCUT2D eigenvalue weighted by Gasteiger charge is 2.12. The quantitative estimate of drug-likeness (QED) is 0.690. The van der Waals surface area contributed by atoms with E-state index in [1.807, 2.05) is 0 Å². The van der Waals surface area contributed by atoms with E-state index in [9.17, 15) is 8.78 Å². The monoisotopic (exact) mass is 237 g/mol. The number of rotatable bonds is 1. The van der Waals surface area contributed by atoms with E-state index in [1.165, 1.54) is 24.3 Å². The first-order valence-electron chi connectivity index (χ1n) is 4.71. The van der Waals surface area contributed by atoms with Crippen LogP contribution in [0.5, 0.6) is 0 Å². The summed E-state index contributed by atoms with van der Waals surface area (Å²) < 4.78 is 27.3. The largest absolute Gasteiger partial charge is 0.206 e. The zero-order valence-electron chi connectivity index (χ0n) is 8.52. The lowest BCUT2D eigenvalue weighted by molar-refractivity contribution is 0.588. The molecule has 81 valence electrons. The van der Waals surface area contributed by atoms with E-state index < -0.39 is 11.6 Å². The van der Waals surface area contributed by atoms with E-state index in [0.717, 1.165) is 0 Å². The Morgan fingerprint density at radius 2 is 1.75 bits per heavy atom. The van der Waals surface area contributed by atoms with Crippen LogP contribution in [-0.2, 0) is 0 Å². The molecular weight excluding hydrogens is 230 g/mol. The molecule has 0 heterocycles. The highest BCUT2D eigenvalue weighted by Crippen LogP contribution is 2.28. The molecule has 0 fully saturated rings. The summed E-state index contributed by atoms with van der Waals surface area (Å²) in [5.41, 5.74) is 0.910. The van der Waals surface area contributed by atoms with Gasteiger partial charge in [-0.15, -0.1) is 0 Å². The van der Waals surface area contributed by atoms with E-state index in [1.54, 1.807) is 13.0 Å². The van der Waals surface area contributed by atoms with Crippen molar-refractivity contribution in [3.63, 3.8) is 0 Å². The second-order valence-electron chi connectivity index (χ2n) is 3.53. The van der Waals surface area contributed by atoms with Crippen LogP contribution in [0.25, 0.3) is 11.1 Å². The fourth-order valence-electron chi connectivity index (χ4n) is 1.57. The van der Waals surface area contributed by atoms with Gasteiger partial charge in [0.2, 0.25) is 0 Å². The van der Waals surface area contributed by atoms with Gasteiger partial charge >= 0.3 is 0 Å². The van der Waals surface area contributed by atoms with Crippen molar-refractivity contribution in [2.75, 3.05) is 0 Å². The van der Waals surface area contributed by atoms with Gasteiger partial charge in [0, 0.05) is 11.1 Å². The Labute approximate surface area is 97.5 Å². The molecule has 0 unspecified atom stereocenters. The van der Waals surface area contributed by atoms with E-state index >= 15 is 0 Å². The summed E-state index contributed by atoms with van der Waals surface area (Å²) in [6.07, 6.45) is 0. The van der Waals surface area contributed by atoms with Crippen molar-refractivity contribution in [1.29, 1.82) is 0 Å². The van der Waals surface area contributed by atoms with Crippen molar-refractivity contribution in [3.8, 4) is 11.1 Å².